The topological polar surface area (TPSA) is 168 Å². The number of halogens is 2. The smallest absolute Gasteiger partial charge is 0.476 e. The largest absolute Gasteiger partial charge is 0.509 e. The van der Waals surface area contributed by atoms with E-state index < -0.39 is 62.4 Å². The van der Waals surface area contributed by atoms with Crippen molar-refractivity contribution < 1.29 is 50.7 Å². The number of carbonyl (C=O) groups excluding carboxylic acids is 1. The Morgan fingerprint density at radius 3 is 2.92 bits per heavy atom. The monoisotopic (exact) mass is 583 g/mol. The van der Waals surface area contributed by atoms with Crippen molar-refractivity contribution >= 4 is 31.1 Å². The van der Waals surface area contributed by atoms with E-state index in [0.717, 1.165) is 6.07 Å². The number of carbonyl (C=O) groups is 1. The summed E-state index contributed by atoms with van der Waals surface area (Å²) in [4.78, 5) is 24.8. The maximum atomic E-state index is 14.3. The second kappa shape index (κ2) is 9.89. The molecule has 5 heterocycles. The van der Waals surface area contributed by atoms with Crippen molar-refractivity contribution in [3.05, 3.63) is 41.7 Å². The molecule has 0 unspecified atom stereocenters. The van der Waals surface area contributed by atoms with Crippen LogP contribution in [0.2, 0.25) is 0 Å². The summed E-state index contributed by atoms with van der Waals surface area (Å²) in [6.07, 6.45) is -3.57. The molecular formula is C23H24F2N5O9P. The van der Waals surface area contributed by atoms with Gasteiger partial charge in [0.2, 0.25) is 11.8 Å². The van der Waals surface area contributed by atoms with Gasteiger partial charge in [-0.2, -0.15) is 9.97 Å². The summed E-state index contributed by atoms with van der Waals surface area (Å²) in [7, 11) is -4.26. The minimum atomic E-state index is -4.26. The van der Waals surface area contributed by atoms with Gasteiger partial charge in [0, 0.05) is 12.0 Å². The average Bonchev–Trinajstić information content (AvgIpc) is 3.53. The van der Waals surface area contributed by atoms with Crippen LogP contribution in [-0.4, -0.2) is 63.3 Å². The number of imidazole rings is 1. The van der Waals surface area contributed by atoms with E-state index in [1.54, 1.807) is 13.8 Å². The molecule has 0 bridgehead atoms. The standard InChI is InChI=1S/C23H24F2N5O9P/c1-3-33-19-16-18(28-21(26)29-19)30(10-27-16)20-23(2)17(37-22(31)38-23)14(36-20)9-35-40(32)34-8-7-13(39-40)11-5-4-6-12(24)15(11)25/h4-6,10,13-14,17,20H,3,7-9H2,1-2H3,(H2,26,28,29)/t13-,14+,17+,20+,23+,40+/m0/s1. The Hall–Kier alpha value is -3.43. The number of nitrogens with zero attached hydrogens (tertiary/aromatic N) is 4. The van der Waals surface area contributed by atoms with Crippen molar-refractivity contribution in [2.45, 2.75) is 50.4 Å². The zero-order valence-electron chi connectivity index (χ0n) is 21.2. The van der Waals surface area contributed by atoms with Crippen molar-refractivity contribution in [2.75, 3.05) is 25.6 Å². The number of nitrogens with two attached hydrogens (primary N) is 1. The van der Waals surface area contributed by atoms with Crippen molar-refractivity contribution in [1.82, 2.24) is 19.5 Å². The highest BCUT2D eigenvalue weighted by Crippen LogP contribution is 2.58. The van der Waals surface area contributed by atoms with Gasteiger partial charge in [-0.3, -0.25) is 18.1 Å². The minimum Gasteiger partial charge on any atom is -0.476 e. The minimum absolute atomic E-state index is 0.0778. The Labute approximate surface area is 225 Å². The van der Waals surface area contributed by atoms with Gasteiger partial charge in [0.1, 0.15) is 6.10 Å². The molecule has 0 spiro atoms. The number of ether oxygens (including phenoxy) is 4. The van der Waals surface area contributed by atoms with E-state index in [-0.39, 0.29) is 36.1 Å². The fourth-order valence-electron chi connectivity index (χ4n) is 5.00. The predicted molar refractivity (Wildman–Crippen MR) is 129 cm³/mol. The Morgan fingerprint density at radius 2 is 2.12 bits per heavy atom. The number of aromatic nitrogens is 4. The average molecular weight is 583 g/mol. The van der Waals surface area contributed by atoms with Crippen LogP contribution in [0, 0.1) is 11.6 Å². The zero-order chi connectivity index (χ0) is 28.2. The van der Waals surface area contributed by atoms with Gasteiger partial charge in [-0.25, -0.2) is 23.1 Å². The third-order valence-corrected chi connectivity index (χ3v) is 8.25. The van der Waals surface area contributed by atoms with Gasteiger partial charge in [-0.1, -0.05) is 12.1 Å². The van der Waals surface area contributed by atoms with E-state index in [1.165, 1.54) is 23.0 Å². The van der Waals surface area contributed by atoms with E-state index >= 15 is 0 Å². The molecule has 0 aliphatic carbocycles. The lowest BCUT2D eigenvalue weighted by Gasteiger charge is -2.30. The Bertz CT molecular complexity index is 1530. The first-order valence-electron chi connectivity index (χ1n) is 12.3. The van der Waals surface area contributed by atoms with Crippen molar-refractivity contribution in [3.63, 3.8) is 0 Å². The van der Waals surface area contributed by atoms with Gasteiger partial charge in [0.15, 0.2) is 40.7 Å². The van der Waals surface area contributed by atoms with Crippen LogP contribution < -0.4 is 10.5 Å². The highest BCUT2D eigenvalue weighted by Gasteiger charge is 2.64. The van der Waals surface area contributed by atoms with Crippen LogP contribution in [0.15, 0.2) is 24.5 Å². The number of benzene rings is 1. The summed E-state index contributed by atoms with van der Waals surface area (Å²) in [5.74, 6) is -2.09. The third-order valence-electron chi connectivity index (χ3n) is 6.77. The van der Waals surface area contributed by atoms with E-state index in [0.29, 0.717) is 12.1 Å². The Kier molecular flexibility index (Phi) is 6.62. The molecule has 3 aromatic rings. The van der Waals surface area contributed by atoms with Gasteiger partial charge in [-0.15, -0.1) is 0 Å². The molecule has 6 atom stereocenters. The van der Waals surface area contributed by atoms with E-state index in [1.807, 2.05) is 0 Å². The molecule has 0 amide bonds. The molecular weight excluding hydrogens is 559 g/mol. The van der Waals surface area contributed by atoms with Crippen molar-refractivity contribution in [1.29, 1.82) is 0 Å². The SMILES string of the molecule is CCOc1nc(N)nc2c1ncn2[C@@H]1O[C@H](CO[P@@]2(=O)OCC[C@@H](c3cccc(F)c3F)O2)[C@H]2OC(=O)O[C@]21C. The van der Waals surface area contributed by atoms with Crippen LogP contribution in [0.5, 0.6) is 5.88 Å². The summed E-state index contributed by atoms with van der Waals surface area (Å²) in [6, 6.07) is 3.61. The molecule has 40 heavy (non-hydrogen) atoms. The number of rotatable bonds is 7. The van der Waals surface area contributed by atoms with E-state index in [4.69, 9.17) is 38.3 Å². The molecule has 17 heteroatoms. The number of hydrogen-bond donors (Lipinski definition) is 1. The normalized spacial score (nSPS) is 31.6. The maximum Gasteiger partial charge on any atom is 0.509 e. The highest BCUT2D eigenvalue weighted by molar-refractivity contribution is 7.48. The molecule has 0 saturated carbocycles. The van der Waals surface area contributed by atoms with E-state index in [2.05, 4.69) is 15.0 Å². The molecule has 2 aromatic heterocycles. The maximum absolute atomic E-state index is 14.3. The molecule has 3 aliphatic heterocycles. The Balaban J connectivity index is 1.24. The summed E-state index contributed by atoms with van der Waals surface area (Å²) in [6.45, 7) is 3.13. The van der Waals surface area contributed by atoms with Gasteiger partial charge in [-0.05, 0) is 19.9 Å². The van der Waals surface area contributed by atoms with Crippen LogP contribution in [0.4, 0.5) is 19.5 Å². The molecule has 14 nitrogen and oxygen atoms in total. The van der Waals surface area contributed by atoms with Gasteiger partial charge >= 0.3 is 14.0 Å². The number of anilines is 1. The quantitative estimate of drug-likeness (QED) is 0.317. The van der Waals surface area contributed by atoms with Gasteiger partial charge < -0.3 is 24.7 Å². The Morgan fingerprint density at radius 1 is 1.30 bits per heavy atom. The highest BCUT2D eigenvalue weighted by atomic mass is 31.2. The first-order chi connectivity index (χ1) is 19.1. The van der Waals surface area contributed by atoms with Crippen LogP contribution >= 0.6 is 7.82 Å². The zero-order valence-corrected chi connectivity index (χ0v) is 22.1. The number of hydrogen-bond acceptors (Lipinski definition) is 13. The lowest BCUT2D eigenvalue weighted by molar-refractivity contribution is -0.0926. The molecule has 3 fully saturated rings. The lowest BCUT2D eigenvalue weighted by Crippen LogP contribution is -2.42. The van der Waals surface area contributed by atoms with Crippen molar-refractivity contribution in [2.24, 2.45) is 0 Å². The molecule has 2 N–H and O–H groups in total. The summed E-state index contributed by atoms with van der Waals surface area (Å²) in [5, 5.41) is 0. The van der Waals surface area contributed by atoms with Crippen LogP contribution in [-0.2, 0) is 32.3 Å². The molecule has 1 aromatic carbocycles. The first-order valence-corrected chi connectivity index (χ1v) is 13.8. The van der Waals surface area contributed by atoms with Crippen LogP contribution in [0.1, 0.15) is 38.2 Å². The number of phosphoric acid groups is 1. The fraction of sp³-hybridized carbons (Fsp3) is 0.478. The fourth-order valence-corrected chi connectivity index (χ4v) is 6.38. The van der Waals surface area contributed by atoms with Crippen LogP contribution in [0.25, 0.3) is 11.2 Å². The van der Waals surface area contributed by atoms with Crippen LogP contribution in [0.3, 0.4) is 0 Å². The van der Waals surface area contributed by atoms with E-state index in [9.17, 15) is 18.1 Å². The second-order valence-corrected chi connectivity index (χ2v) is 11.0. The number of nitrogen functional groups attached to an aromatic ring is 1. The second-order valence-electron chi connectivity index (χ2n) is 9.35. The molecule has 214 valence electrons. The molecule has 3 aliphatic rings. The number of phosphoric ester groups is 1. The summed E-state index contributed by atoms with van der Waals surface area (Å²) < 4.78 is 81.7. The number of fused-ring (bicyclic) bond motifs is 2. The molecule has 3 saturated heterocycles. The van der Waals surface area contributed by atoms with Gasteiger partial charge in [0.05, 0.1) is 32.3 Å². The molecule has 0 radical (unpaired) electrons. The predicted octanol–water partition coefficient (Wildman–Crippen LogP) is 3.58. The summed E-state index contributed by atoms with van der Waals surface area (Å²) in [5.41, 5.74) is 4.91. The molecule has 6 rings (SSSR count). The third kappa shape index (κ3) is 4.45. The van der Waals surface area contributed by atoms with Crippen molar-refractivity contribution in [3.8, 4) is 5.88 Å². The first kappa shape index (κ1) is 26.8. The lowest BCUT2D eigenvalue weighted by atomic mass is 9.96. The van der Waals surface area contributed by atoms with Gasteiger partial charge in [0.25, 0.3) is 0 Å². The summed E-state index contributed by atoms with van der Waals surface area (Å²) >= 11 is 0.